The number of carbonyl (C=O) groups excluding carboxylic acids is 3. The van der Waals surface area contributed by atoms with Gasteiger partial charge in [0.1, 0.15) is 5.94 Å². The van der Waals surface area contributed by atoms with Crippen molar-refractivity contribution in [1.29, 1.82) is 0 Å². The smallest absolute Gasteiger partial charge is 0.241 e. The minimum atomic E-state index is -1.83. The topological polar surface area (TPSA) is 163 Å². The fourth-order valence-corrected chi connectivity index (χ4v) is 3.79. The lowest BCUT2D eigenvalue weighted by Gasteiger charge is -2.46. The van der Waals surface area contributed by atoms with Gasteiger partial charge in [0.15, 0.2) is 12.1 Å². The molecule has 0 radical (unpaired) electrons. The summed E-state index contributed by atoms with van der Waals surface area (Å²) in [5.41, 5.74) is 15.5. The van der Waals surface area contributed by atoms with E-state index >= 15 is 0 Å². The minimum absolute atomic E-state index is 0.0532. The van der Waals surface area contributed by atoms with Gasteiger partial charge in [0, 0.05) is 6.04 Å². The molecule has 10 nitrogen and oxygen atoms in total. The maximum absolute atomic E-state index is 13.2. The Labute approximate surface area is 164 Å². The van der Waals surface area contributed by atoms with E-state index < -0.39 is 17.6 Å². The molecule has 154 valence electrons. The predicted molar refractivity (Wildman–Crippen MR) is 103 cm³/mol. The second kappa shape index (κ2) is 9.59. The standard InChI is InChI=1S/C18H29N7O3/c1-13(20)17(28)25(15-7-3-2-4-8-15)18(12-27,14(11-26)6-5-9-19)24-10-16(21)22-23-24/h10,12-13,15H,2-9,19-21H2,1H3/t13-,18+/m0/s1. The van der Waals surface area contributed by atoms with Gasteiger partial charge in [-0.25, -0.2) is 9.48 Å². The van der Waals surface area contributed by atoms with E-state index in [0.717, 1.165) is 19.3 Å². The highest BCUT2D eigenvalue weighted by atomic mass is 16.2. The molecule has 1 heterocycles. The van der Waals surface area contributed by atoms with E-state index in [9.17, 15) is 14.4 Å². The molecular weight excluding hydrogens is 362 g/mol. The van der Waals surface area contributed by atoms with Gasteiger partial charge in [0.25, 0.3) is 0 Å². The van der Waals surface area contributed by atoms with Gasteiger partial charge in [-0.1, -0.05) is 24.5 Å². The number of amides is 1. The third kappa shape index (κ3) is 4.14. The van der Waals surface area contributed by atoms with Crippen LogP contribution in [0.25, 0.3) is 0 Å². The largest absolute Gasteiger partial charge is 0.381 e. The van der Waals surface area contributed by atoms with Gasteiger partial charge in [-0.2, -0.15) is 0 Å². The summed E-state index contributed by atoms with van der Waals surface area (Å²) in [5.74, 6) is 1.48. The Hall–Kier alpha value is -2.55. The summed E-state index contributed by atoms with van der Waals surface area (Å²) >= 11 is 0. The number of carbonyl (C=O) groups is 2. The fourth-order valence-electron chi connectivity index (χ4n) is 3.79. The molecule has 2 rings (SSSR count). The molecule has 1 aliphatic carbocycles. The molecule has 0 bridgehead atoms. The van der Waals surface area contributed by atoms with E-state index in [-0.39, 0.29) is 23.9 Å². The van der Waals surface area contributed by atoms with E-state index in [1.807, 2.05) is 5.94 Å². The molecule has 1 fully saturated rings. The first-order valence-corrected chi connectivity index (χ1v) is 9.60. The van der Waals surface area contributed by atoms with Crippen molar-refractivity contribution in [3.63, 3.8) is 0 Å². The van der Waals surface area contributed by atoms with Gasteiger partial charge in [-0.3, -0.25) is 9.59 Å². The Bertz CT molecular complexity index is 735. The first-order chi connectivity index (χ1) is 13.4. The van der Waals surface area contributed by atoms with Gasteiger partial charge in [-0.05, 0) is 39.2 Å². The number of nitrogens with two attached hydrogens (primary N) is 3. The molecule has 0 saturated heterocycles. The average Bonchev–Trinajstić information content (AvgIpc) is 3.14. The highest BCUT2D eigenvalue weighted by molar-refractivity contribution is 5.88. The lowest BCUT2D eigenvalue weighted by Crippen LogP contribution is -2.63. The Morgan fingerprint density at radius 2 is 2.14 bits per heavy atom. The summed E-state index contributed by atoms with van der Waals surface area (Å²) < 4.78 is 1.17. The molecule has 10 heteroatoms. The summed E-state index contributed by atoms with van der Waals surface area (Å²) in [6.45, 7) is 1.86. The van der Waals surface area contributed by atoms with Crippen LogP contribution in [0, 0.1) is 0 Å². The number of hydrogen-bond acceptors (Lipinski definition) is 8. The van der Waals surface area contributed by atoms with Crippen molar-refractivity contribution in [3.8, 4) is 0 Å². The summed E-state index contributed by atoms with van der Waals surface area (Å²) in [4.78, 5) is 39.2. The van der Waals surface area contributed by atoms with Crippen molar-refractivity contribution in [3.05, 3.63) is 11.8 Å². The van der Waals surface area contributed by atoms with Crippen LogP contribution in [0.2, 0.25) is 0 Å². The van der Waals surface area contributed by atoms with Crippen LogP contribution < -0.4 is 17.2 Å². The summed E-state index contributed by atoms with van der Waals surface area (Å²) in [5, 5.41) is 7.69. The van der Waals surface area contributed by atoms with Crippen LogP contribution in [0.1, 0.15) is 51.9 Å². The molecule has 6 N–H and O–H groups in total. The molecule has 2 atom stereocenters. The number of nitrogens with zero attached hydrogens (tertiary/aromatic N) is 4. The van der Waals surface area contributed by atoms with Crippen molar-refractivity contribution < 1.29 is 14.4 Å². The zero-order chi connectivity index (χ0) is 20.7. The Morgan fingerprint density at radius 3 is 2.61 bits per heavy atom. The monoisotopic (exact) mass is 391 g/mol. The molecule has 1 aromatic heterocycles. The third-order valence-electron chi connectivity index (χ3n) is 5.16. The number of hydrogen-bond donors (Lipinski definition) is 3. The minimum Gasteiger partial charge on any atom is -0.381 e. The van der Waals surface area contributed by atoms with Crippen LogP contribution in [0.3, 0.4) is 0 Å². The van der Waals surface area contributed by atoms with Crippen molar-refractivity contribution in [1.82, 2.24) is 19.9 Å². The highest BCUT2D eigenvalue weighted by Crippen LogP contribution is 2.36. The molecular formula is C18H29N7O3. The van der Waals surface area contributed by atoms with Crippen LogP contribution >= 0.6 is 0 Å². The Kier molecular flexibility index (Phi) is 7.45. The lowest BCUT2D eigenvalue weighted by atomic mass is 9.87. The molecule has 0 aliphatic heterocycles. The van der Waals surface area contributed by atoms with Crippen molar-refractivity contribution >= 4 is 24.0 Å². The highest BCUT2D eigenvalue weighted by Gasteiger charge is 2.50. The maximum Gasteiger partial charge on any atom is 0.241 e. The molecule has 0 spiro atoms. The summed E-state index contributed by atoms with van der Waals surface area (Å²) in [6, 6.07) is -1.14. The van der Waals surface area contributed by atoms with Crippen LogP contribution in [-0.2, 0) is 20.0 Å². The first kappa shape index (κ1) is 21.7. The molecule has 0 unspecified atom stereocenters. The van der Waals surface area contributed by atoms with Gasteiger partial charge in [0.2, 0.25) is 11.6 Å². The third-order valence-corrected chi connectivity index (χ3v) is 5.16. The van der Waals surface area contributed by atoms with Crippen molar-refractivity contribution in [2.24, 2.45) is 11.5 Å². The quantitative estimate of drug-likeness (QED) is 0.382. The molecule has 1 saturated carbocycles. The van der Waals surface area contributed by atoms with Crippen LogP contribution in [0.4, 0.5) is 5.82 Å². The van der Waals surface area contributed by atoms with E-state index in [4.69, 9.17) is 17.2 Å². The first-order valence-electron chi connectivity index (χ1n) is 9.60. The van der Waals surface area contributed by atoms with Crippen molar-refractivity contribution in [2.75, 3.05) is 12.3 Å². The molecule has 28 heavy (non-hydrogen) atoms. The van der Waals surface area contributed by atoms with Crippen LogP contribution in [0.15, 0.2) is 11.8 Å². The number of aromatic nitrogens is 3. The summed E-state index contributed by atoms with van der Waals surface area (Å²) in [6.07, 6.45) is 6.73. The van der Waals surface area contributed by atoms with Crippen LogP contribution in [-0.4, -0.2) is 56.7 Å². The van der Waals surface area contributed by atoms with E-state index in [0.29, 0.717) is 32.1 Å². The van der Waals surface area contributed by atoms with Crippen LogP contribution in [0.5, 0.6) is 0 Å². The zero-order valence-corrected chi connectivity index (χ0v) is 16.2. The average molecular weight is 391 g/mol. The van der Waals surface area contributed by atoms with Gasteiger partial charge in [-0.15, -0.1) is 5.10 Å². The lowest BCUT2D eigenvalue weighted by molar-refractivity contribution is -0.152. The normalized spacial score (nSPS) is 18.0. The molecule has 1 amide bonds. The SMILES string of the molecule is C[C@H](N)C(=O)N(C1CCCCC1)[C@](C=O)(C(=C=O)CCCN)n1cc(N)nn1. The maximum atomic E-state index is 13.2. The van der Waals surface area contributed by atoms with Crippen molar-refractivity contribution in [2.45, 2.75) is 69.6 Å². The number of aldehydes is 1. The van der Waals surface area contributed by atoms with Gasteiger partial charge in [0.05, 0.1) is 17.8 Å². The summed E-state index contributed by atoms with van der Waals surface area (Å²) in [7, 11) is 0. The Morgan fingerprint density at radius 1 is 1.46 bits per heavy atom. The second-order valence-electron chi connectivity index (χ2n) is 7.19. The Balaban J connectivity index is 2.71. The fraction of sp³-hybridized carbons (Fsp3) is 0.667. The number of anilines is 1. The second-order valence-corrected chi connectivity index (χ2v) is 7.19. The molecule has 1 aromatic rings. The number of nitrogen functional groups attached to an aromatic ring is 1. The molecule has 0 aromatic carbocycles. The van der Waals surface area contributed by atoms with E-state index in [1.54, 1.807) is 6.92 Å². The van der Waals surface area contributed by atoms with E-state index in [2.05, 4.69) is 10.3 Å². The van der Waals surface area contributed by atoms with E-state index in [1.165, 1.54) is 15.8 Å². The van der Waals surface area contributed by atoms with Gasteiger partial charge < -0.3 is 22.1 Å². The number of rotatable bonds is 9. The zero-order valence-electron chi connectivity index (χ0n) is 16.2. The predicted octanol–water partition coefficient (Wildman–Crippen LogP) is -0.283. The van der Waals surface area contributed by atoms with Gasteiger partial charge >= 0.3 is 0 Å². The molecule has 1 aliphatic rings.